The molecule has 0 aromatic heterocycles. The lowest BCUT2D eigenvalue weighted by Crippen LogP contribution is -2.26. The molecule has 4 heteroatoms. The van der Waals surface area contributed by atoms with Crippen molar-refractivity contribution in [3.8, 4) is 11.5 Å². The molecule has 1 aromatic carbocycles. The average Bonchev–Trinajstić information content (AvgIpc) is 2.72. The maximum atomic E-state index is 6.17. The first-order valence-corrected chi connectivity index (χ1v) is 5.49. The van der Waals surface area contributed by atoms with Crippen LogP contribution in [0.4, 0.5) is 0 Å². The zero-order valence-corrected chi connectivity index (χ0v) is 9.69. The van der Waals surface area contributed by atoms with Crippen molar-refractivity contribution in [2.24, 2.45) is 17.4 Å². The van der Waals surface area contributed by atoms with Gasteiger partial charge in [0, 0.05) is 6.04 Å². The fourth-order valence-electron chi connectivity index (χ4n) is 1.87. The molecule has 0 aliphatic carbocycles. The van der Waals surface area contributed by atoms with Gasteiger partial charge in [-0.3, -0.25) is 0 Å². The minimum Gasteiger partial charge on any atom is -0.454 e. The zero-order chi connectivity index (χ0) is 11.7. The first-order valence-electron chi connectivity index (χ1n) is 5.49. The lowest BCUT2D eigenvalue weighted by Gasteiger charge is -2.20. The number of rotatable bonds is 3. The molecule has 4 N–H and O–H groups in total. The van der Waals surface area contributed by atoms with Crippen molar-refractivity contribution in [1.82, 2.24) is 0 Å². The molecule has 2 unspecified atom stereocenters. The van der Waals surface area contributed by atoms with Crippen molar-refractivity contribution >= 4 is 0 Å². The number of nitrogens with two attached hydrogens (primary N) is 2. The number of fused-ring (bicyclic) bond motifs is 1. The highest BCUT2D eigenvalue weighted by atomic mass is 16.7. The number of aryl methyl sites for hydroxylation is 1. The van der Waals surface area contributed by atoms with Crippen LogP contribution in [0.15, 0.2) is 12.1 Å². The summed E-state index contributed by atoms with van der Waals surface area (Å²) in [5.74, 6) is 1.83. The normalized spacial score (nSPS) is 17.2. The summed E-state index contributed by atoms with van der Waals surface area (Å²) in [6.45, 7) is 4.95. The van der Waals surface area contributed by atoms with Crippen LogP contribution in [-0.2, 0) is 0 Å². The third-order valence-electron chi connectivity index (χ3n) is 3.11. The quantitative estimate of drug-likeness (QED) is 0.809. The molecule has 2 rings (SSSR count). The van der Waals surface area contributed by atoms with Crippen molar-refractivity contribution in [3.63, 3.8) is 0 Å². The fourth-order valence-corrected chi connectivity index (χ4v) is 1.87. The Balaban J connectivity index is 2.34. The molecule has 0 saturated carbocycles. The van der Waals surface area contributed by atoms with Crippen LogP contribution in [0.1, 0.15) is 24.1 Å². The predicted molar refractivity (Wildman–Crippen MR) is 62.4 cm³/mol. The molecule has 0 saturated heterocycles. The van der Waals surface area contributed by atoms with E-state index in [9.17, 15) is 0 Å². The molecule has 88 valence electrons. The summed E-state index contributed by atoms with van der Waals surface area (Å²) < 4.78 is 10.7. The van der Waals surface area contributed by atoms with E-state index < -0.39 is 0 Å². The van der Waals surface area contributed by atoms with Crippen molar-refractivity contribution in [2.75, 3.05) is 13.3 Å². The van der Waals surface area contributed by atoms with E-state index in [-0.39, 0.29) is 12.0 Å². The zero-order valence-electron chi connectivity index (χ0n) is 9.69. The third-order valence-corrected chi connectivity index (χ3v) is 3.11. The maximum Gasteiger partial charge on any atom is 0.231 e. The van der Waals surface area contributed by atoms with Gasteiger partial charge in [-0.25, -0.2) is 0 Å². The predicted octanol–water partition coefficient (Wildman–Crippen LogP) is 1.32. The van der Waals surface area contributed by atoms with Crippen LogP contribution in [0.3, 0.4) is 0 Å². The van der Waals surface area contributed by atoms with Crippen LogP contribution in [0, 0.1) is 12.8 Å². The standard InChI is InChI=1S/C12H18N2O2/c1-7-3-10-11(16-6-15-10)4-9(7)12(14)8(2)5-13/h3-4,8,12H,5-6,13-14H2,1-2H3. The molecule has 1 heterocycles. The highest BCUT2D eigenvalue weighted by Gasteiger charge is 2.21. The Morgan fingerprint density at radius 1 is 1.31 bits per heavy atom. The van der Waals surface area contributed by atoms with Gasteiger partial charge >= 0.3 is 0 Å². The molecule has 1 aromatic rings. The molecule has 0 spiro atoms. The van der Waals surface area contributed by atoms with E-state index in [1.54, 1.807) is 0 Å². The molecule has 1 aliphatic rings. The molecular weight excluding hydrogens is 204 g/mol. The maximum absolute atomic E-state index is 6.17. The Hall–Kier alpha value is -1.26. The molecular formula is C12H18N2O2. The minimum atomic E-state index is -0.0560. The molecule has 16 heavy (non-hydrogen) atoms. The highest BCUT2D eigenvalue weighted by molar-refractivity contribution is 5.49. The van der Waals surface area contributed by atoms with Crippen molar-refractivity contribution in [1.29, 1.82) is 0 Å². The van der Waals surface area contributed by atoms with Gasteiger partial charge < -0.3 is 20.9 Å². The first-order chi connectivity index (χ1) is 7.63. The van der Waals surface area contributed by atoms with E-state index in [0.717, 1.165) is 22.6 Å². The monoisotopic (exact) mass is 222 g/mol. The fraction of sp³-hybridized carbons (Fsp3) is 0.500. The number of hydrogen-bond acceptors (Lipinski definition) is 4. The van der Waals surface area contributed by atoms with Gasteiger partial charge in [-0.15, -0.1) is 0 Å². The lowest BCUT2D eigenvalue weighted by atomic mass is 9.92. The van der Waals surface area contributed by atoms with E-state index in [4.69, 9.17) is 20.9 Å². The van der Waals surface area contributed by atoms with E-state index in [1.807, 2.05) is 19.1 Å². The van der Waals surface area contributed by atoms with Gasteiger partial charge in [-0.2, -0.15) is 0 Å². The van der Waals surface area contributed by atoms with Gasteiger partial charge in [0.05, 0.1) is 0 Å². The van der Waals surface area contributed by atoms with E-state index in [2.05, 4.69) is 6.92 Å². The second-order valence-electron chi connectivity index (χ2n) is 4.30. The average molecular weight is 222 g/mol. The van der Waals surface area contributed by atoms with E-state index >= 15 is 0 Å². The van der Waals surface area contributed by atoms with Crippen LogP contribution in [0.25, 0.3) is 0 Å². The number of hydrogen-bond donors (Lipinski definition) is 2. The third kappa shape index (κ3) is 1.86. The van der Waals surface area contributed by atoms with Gasteiger partial charge in [-0.05, 0) is 42.6 Å². The molecule has 0 bridgehead atoms. The summed E-state index contributed by atoms with van der Waals surface area (Å²) >= 11 is 0. The van der Waals surface area contributed by atoms with E-state index in [1.165, 1.54) is 0 Å². The van der Waals surface area contributed by atoms with Crippen molar-refractivity contribution < 1.29 is 9.47 Å². The highest BCUT2D eigenvalue weighted by Crippen LogP contribution is 2.37. The van der Waals surface area contributed by atoms with Crippen LogP contribution in [0.2, 0.25) is 0 Å². The summed E-state index contributed by atoms with van der Waals surface area (Å²) in [6, 6.07) is 3.88. The molecule has 4 nitrogen and oxygen atoms in total. The smallest absolute Gasteiger partial charge is 0.231 e. The Kier molecular flexibility index (Phi) is 3.03. The SMILES string of the molecule is Cc1cc2c(cc1C(N)C(C)CN)OCO2. The lowest BCUT2D eigenvalue weighted by molar-refractivity contribution is 0.174. The molecule has 2 atom stereocenters. The van der Waals surface area contributed by atoms with Gasteiger partial charge in [0.1, 0.15) is 0 Å². The second kappa shape index (κ2) is 4.31. The second-order valence-corrected chi connectivity index (χ2v) is 4.30. The summed E-state index contributed by atoms with van der Waals surface area (Å²) in [6.07, 6.45) is 0. The molecule has 0 radical (unpaired) electrons. The van der Waals surface area contributed by atoms with Crippen LogP contribution in [-0.4, -0.2) is 13.3 Å². The Morgan fingerprint density at radius 3 is 2.56 bits per heavy atom. The van der Waals surface area contributed by atoms with Gasteiger partial charge in [-0.1, -0.05) is 6.92 Å². The molecule has 0 fully saturated rings. The molecule has 0 amide bonds. The first kappa shape index (κ1) is 11.2. The molecule has 1 aliphatic heterocycles. The van der Waals surface area contributed by atoms with Gasteiger partial charge in [0.15, 0.2) is 11.5 Å². The van der Waals surface area contributed by atoms with Gasteiger partial charge in [0.2, 0.25) is 6.79 Å². The number of benzene rings is 1. The summed E-state index contributed by atoms with van der Waals surface area (Å²) in [4.78, 5) is 0. The minimum absolute atomic E-state index is 0.0560. The Bertz CT molecular complexity index is 393. The van der Waals surface area contributed by atoms with E-state index in [0.29, 0.717) is 13.3 Å². The summed E-state index contributed by atoms with van der Waals surface area (Å²) in [5.41, 5.74) is 14.0. The largest absolute Gasteiger partial charge is 0.454 e. The number of ether oxygens (including phenoxy) is 2. The van der Waals surface area contributed by atoms with Crippen LogP contribution < -0.4 is 20.9 Å². The van der Waals surface area contributed by atoms with Crippen LogP contribution >= 0.6 is 0 Å². The Morgan fingerprint density at radius 2 is 1.94 bits per heavy atom. The van der Waals surface area contributed by atoms with Crippen molar-refractivity contribution in [3.05, 3.63) is 23.3 Å². The Labute approximate surface area is 95.5 Å². The summed E-state index contributed by atoms with van der Waals surface area (Å²) in [5, 5.41) is 0. The van der Waals surface area contributed by atoms with Gasteiger partial charge in [0.25, 0.3) is 0 Å². The summed E-state index contributed by atoms with van der Waals surface area (Å²) in [7, 11) is 0. The van der Waals surface area contributed by atoms with Crippen LogP contribution in [0.5, 0.6) is 11.5 Å². The topological polar surface area (TPSA) is 70.5 Å². The van der Waals surface area contributed by atoms with Crippen molar-refractivity contribution in [2.45, 2.75) is 19.9 Å².